The first-order valence-electron chi connectivity index (χ1n) is 6.83. The molecule has 21 heavy (non-hydrogen) atoms. The number of nitrogens with zero attached hydrogens (tertiary/aromatic N) is 1. The van der Waals surface area contributed by atoms with Gasteiger partial charge in [0, 0.05) is 16.8 Å². The molecule has 0 radical (unpaired) electrons. The van der Waals surface area contributed by atoms with Gasteiger partial charge in [0.05, 0.1) is 0 Å². The number of rotatable bonds is 4. The van der Waals surface area contributed by atoms with Gasteiger partial charge in [0.25, 0.3) is 5.91 Å². The normalized spacial score (nSPS) is 12.5. The van der Waals surface area contributed by atoms with Gasteiger partial charge in [-0.25, -0.2) is 0 Å². The average molecular weight is 300 g/mol. The van der Waals surface area contributed by atoms with Gasteiger partial charge < -0.3 is 9.84 Å². The minimum Gasteiger partial charge on any atom is -0.361 e. The summed E-state index contributed by atoms with van der Waals surface area (Å²) in [5.41, 5.74) is 1.59. The number of thiophene rings is 1. The van der Waals surface area contributed by atoms with E-state index in [1.807, 2.05) is 19.1 Å². The van der Waals surface area contributed by atoms with Crippen LogP contribution in [0.25, 0.3) is 10.1 Å². The molecule has 1 N–H and O–H groups in total. The molecule has 3 rings (SSSR count). The molecular weight excluding hydrogens is 284 g/mol. The molecule has 0 fully saturated rings. The fourth-order valence-electron chi connectivity index (χ4n) is 2.34. The number of aromatic nitrogens is 1. The average Bonchev–Trinajstić information content (AvgIpc) is 3.06. The Labute approximate surface area is 126 Å². The predicted molar refractivity (Wildman–Crippen MR) is 83.7 cm³/mol. The number of carbonyl (C=O) groups is 1. The molecule has 1 amide bonds. The highest BCUT2D eigenvalue weighted by Crippen LogP contribution is 2.26. The van der Waals surface area contributed by atoms with E-state index in [-0.39, 0.29) is 11.9 Å². The summed E-state index contributed by atoms with van der Waals surface area (Å²) >= 11 is 1.73. The molecule has 5 heteroatoms. The number of hydrogen-bond donors (Lipinski definition) is 1. The minimum atomic E-state index is -0.195. The van der Waals surface area contributed by atoms with E-state index in [4.69, 9.17) is 4.52 Å². The van der Waals surface area contributed by atoms with Crippen LogP contribution in [0.15, 0.2) is 40.2 Å². The van der Waals surface area contributed by atoms with Gasteiger partial charge in [-0.3, -0.25) is 4.79 Å². The van der Waals surface area contributed by atoms with E-state index in [0.29, 0.717) is 11.5 Å². The van der Waals surface area contributed by atoms with Crippen molar-refractivity contribution < 1.29 is 9.32 Å². The highest BCUT2D eigenvalue weighted by atomic mass is 32.1. The van der Waals surface area contributed by atoms with Gasteiger partial charge in [0.2, 0.25) is 0 Å². The van der Waals surface area contributed by atoms with E-state index in [1.54, 1.807) is 24.3 Å². The Balaban J connectivity index is 1.69. The monoisotopic (exact) mass is 300 g/mol. The third-order valence-electron chi connectivity index (χ3n) is 3.33. The molecule has 108 valence electrons. The number of fused-ring (bicyclic) bond motifs is 1. The van der Waals surface area contributed by atoms with Gasteiger partial charge in [-0.2, -0.15) is 0 Å². The molecule has 2 aromatic heterocycles. The van der Waals surface area contributed by atoms with E-state index in [0.717, 1.165) is 6.42 Å². The van der Waals surface area contributed by atoms with Gasteiger partial charge >= 0.3 is 0 Å². The van der Waals surface area contributed by atoms with E-state index in [2.05, 4.69) is 28.0 Å². The molecule has 0 unspecified atom stereocenters. The van der Waals surface area contributed by atoms with Crippen molar-refractivity contribution in [1.82, 2.24) is 10.5 Å². The molecule has 0 aliphatic carbocycles. The first kappa shape index (κ1) is 13.8. The maximum atomic E-state index is 12.0. The predicted octanol–water partition coefficient (Wildman–Crippen LogP) is 3.56. The molecule has 0 aliphatic rings. The number of nitrogens with one attached hydrogen (secondary N) is 1. The van der Waals surface area contributed by atoms with Crippen molar-refractivity contribution in [3.05, 3.63) is 52.7 Å². The summed E-state index contributed by atoms with van der Waals surface area (Å²) in [4.78, 5) is 12.0. The largest absolute Gasteiger partial charge is 0.361 e. The lowest BCUT2D eigenvalue weighted by Gasteiger charge is -2.12. The van der Waals surface area contributed by atoms with E-state index in [9.17, 15) is 4.79 Å². The van der Waals surface area contributed by atoms with Crippen molar-refractivity contribution in [2.75, 3.05) is 0 Å². The molecule has 1 atom stereocenters. The third-order valence-corrected chi connectivity index (χ3v) is 4.34. The number of aryl methyl sites for hydroxylation is 1. The van der Waals surface area contributed by atoms with Crippen LogP contribution < -0.4 is 5.32 Å². The van der Waals surface area contributed by atoms with Crippen LogP contribution in [-0.4, -0.2) is 17.1 Å². The molecular formula is C16H16N2O2S. The summed E-state index contributed by atoms with van der Waals surface area (Å²) in [6.45, 7) is 3.77. The van der Waals surface area contributed by atoms with Crippen molar-refractivity contribution in [2.45, 2.75) is 26.3 Å². The van der Waals surface area contributed by atoms with Crippen LogP contribution in [0.2, 0.25) is 0 Å². The van der Waals surface area contributed by atoms with Crippen LogP contribution in [0.1, 0.15) is 28.7 Å². The van der Waals surface area contributed by atoms with E-state index < -0.39 is 0 Å². The Morgan fingerprint density at radius 2 is 2.24 bits per heavy atom. The van der Waals surface area contributed by atoms with Crippen molar-refractivity contribution in [2.24, 2.45) is 0 Å². The Morgan fingerprint density at radius 3 is 3.00 bits per heavy atom. The molecule has 0 aliphatic heterocycles. The first-order chi connectivity index (χ1) is 10.1. The maximum absolute atomic E-state index is 12.0. The van der Waals surface area contributed by atoms with Crippen molar-refractivity contribution in [3.63, 3.8) is 0 Å². The number of hydrogen-bond acceptors (Lipinski definition) is 4. The summed E-state index contributed by atoms with van der Waals surface area (Å²) in [6, 6.07) is 10.00. The van der Waals surface area contributed by atoms with Crippen LogP contribution in [-0.2, 0) is 6.42 Å². The van der Waals surface area contributed by atoms with Crippen molar-refractivity contribution in [1.29, 1.82) is 0 Å². The van der Waals surface area contributed by atoms with Gasteiger partial charge in [-0.05, 0) is 42.7 Å². The summed E-state index contributed by atoms with van der Waals surface area (Å²) in [7, 11) is 0. The van der Waals surface area contributed by atoms with E-state index in [1.165, 1.54) is 15.6 Å². The summed E-state index contributed by atoms with van der Waals surface area (Å²) < 4.78 is 6.20. The van der Waals surface area contributed by atoms with Gasteiger partial charge in [-0.15, -0.1) is 11.3 Å². The van der Waals surface area contributed by atoms with Crippen molar-refractivity contribution in [3.8, 4) is 0 Å². The summed E-state index contributed by atoms with van der Waals surface area (Å²) in [5.74, 6) is 0.440. The highest BCUT2D eigenvalue weighted by Gasteiger charge is 2.15. The number of benzene rings is 1. The smallest absolute Gasteiger partial charge is 0.273 e. The zero-order valence-corrected chi connectivity index (χ0v) is 12.7. The zero-order valence-electron chi connectivity index (χ0n) is 11.9. The molecule has 0 saturated carbocycles. The standard InChI is InChI=1S/C16H16N2O2S/c1-10(17-16(19)14-8-11(2)20-18-14)7-12-9-21-15-6-4-3-5-13(12)15/h3-6,8-10H,7H2,1-2H3,(H,17,19)/t10-/m1/s1. The fraction of sp³-hybridized carbons (Fsp3) is 0.250. The topological polar surface area (TPSA) is 55.1 Å². The van der Waals surface area contributed by atoms with Crippen LogP contribution in [0.3, 0.4) is 0 Å². The maximum Gasteiger partial charge on any atom is 0.273 e. The Morgan fingerprint density at radius 1 is 1.43 bits per heavy atom. The molecule has 0 saturated heterocycles. The molecule has 0 bridgehead atoms. The lowest BCUT2D eigenvalue weighted by Crippen LogP contribution is -2.34. The van der Waals surface area contributed by atoms with Crippen LogP contribution in [0.4, 0.5) is 0 Å². The summed E-state index contributed by atoms with van der Waals surface area (Å²) in [6.07, 6.45) is 0.798. The lowest BCUT2D eigenvalue weighted by molar-refractivity contribution is 0.0931. The molecule has 1 aromatic carbocycles. The lowest BCUT2D eigenvalue weighted by atomic mass is 10.1. The molecule has 3 aromatic rings. The van der Waals surface area contributed by atoms with Gasteiger partial charge in [-0.1, -0.05) is 23.4 Å². The highest BCUT2D eigenvalue weighted by molar-refractivity contribution is 7.17. The summed E-state index contributed by atoms with van der Waals surface area (Å²) in [5, 5.41) is 10.1. The van der Waals surface area contributed by atoms with E-state index >= 15 is 0 Å². The second kappa shape index (κ2) is 5.69. The number of amides is 1. The Hall–Kier alpha value is -2.14. The minimum absolute atomic E-state index is 0.0347. The molecule has 4 nitrogen and oxygen atoms in total. The van der Waals surface area contributed by atoms with Crippen molar-refractivity contribution >= 4 is 27.3 Å². The van der Waals surface area contributed by atoms with Crippen LogP contribution in [0, 0.1) is 6.92 Å². The molecule has 2 heterocycles. The number of carbonyl (C=O) groups excluding carboxylic acids is 1. The molecule has 0 spiro atoms. The quantitative estimate of drug-likeness (QED) is 0.801. The Bertz CT molecular complexity index is 775. The zero-order chi connectivity index (χ0) is 14.8. The second-order valence-corrected chi connectivity index (χ2v) is 6.07. The SMILES string of the molecule is Cc1cc(C(=O)N[C@H](C)Cc2csc3ccccc23)no1. The Kier molecular flexibility index (Phi) is 3.75. The van der Waals surface area contributed by atoms with Gasteiger partial charge in [0.15, 0.2) is 5.69 Å². The van der Waals surface area contributed by atoms with Gasteiger partial charge in [0.1, 0.15) is 5.76 Å². The fourth-order valence-corrected chi connectivity index (χ4v) is 3.32. The van der Waals surface area contributed by atoms with Crippen LogP contribution >= 0.6 is 11.3 Å². The second-order valence-electron chi connectivity index (χ2n) is 5.16. The third kappa shape index (κ3) is 2.97. The first-order valence-corrected chi connectivity index (χ1v) is 7.71. The van der Waals surface area contributed by atoms with Crippen LogP contribution in [0.5, 0.6) is 0 Å².